The van der Waals surface area contributed by atoms with E-state index in [1.807, 2.05) is 6.55 Å². The Kier molecular flexibility index (Phi) is 3.07. The summed E-state index contributed by atoms with van der Waals surface area (Å²) in [5.41, 5.74) is 5.38. The van der Waals surface area contributed by atoms with Crippen LogP contribution in [0, 0.1) is 0 Å². The summed E-state index contributed by atoms with van der Waals surface area (Å²) in [5.74, 6) is 0. The van der Waals surface area contributed by atoms with Gasteiger partial charge in [0.15, 0.2) is 0 Å². The zero-order valence-electron chi connectivity index (χ0n) is 8.29. The van der Waals surface area contributed by atoms with Crippen LogP contribution in [0.4, 0.5) is 4.79 Å². The van der Waals surface area contributed by atoms with Crippen LogP contribution in [-0.4, -0.2) is 41.0 Å². The Morgan fingerprint density at radius 1 is 1.54 bits per heavy atom. The lowest BCUT2D eigenvalue weighted by molar-refractivity contribution is -0.876. The van der Waals surface area contributed by atoms with Crippen LogP contribution in [0.1, 0.15) is 6.42 Å². The number of hydrogen-bond donors (Lipinski definition) is 2. The normalized spacial score (nSPS) is 28.2. The predicted octanol–water partition coefficient (Wildman–Crippen LogP) is -1.37. The highest BCUT2D eigenvalue weighted by atomic mass is 28.4. The summed E-state index contributed by atoms with van der Waals surface area (Å²) in [5, 5.41) is 0. The van der Waals surface area contributed by atoms with Gasteiger partial charge < -0.3 is 14.6 Å². The van der Waals surface area contributed by atoms with Crippen LogP contribution < -0.4 is 10.6 Å². The SMILES string of the molecule is CO[Si](C)(OC)C1CC[NH+]1C(N)=O. The van der Waals surface area contributed by atoms with Crippen LogP contribution in [0.25, 0.3) is 0 Å². The van der Waals surface area contributed by atoms with E-state index in [-0.39, 0.29) is 11.7 Å². The first-order valence-corrected chi connectivity index (χ1v) is 6.70. The predicted molar refractivity (Wildman–Crippen MR) is 49.5 cm³/mol. The molecule has 1 saturated heterocycles. The first-order chi connectivity index (χ1) is 6.05. The molecule has 3 N–H and O–H groups in total. The molecule has 76 valence electrons. The van der Waals surface area contributed by atoms with Gasteiger partial charge in [-0.05, 0) is 6.55 Å². The fraction of sp³-hybridized carbons (Fsp3) is 0.857. The minimum absolute atomic E-state index is 0.153. The van der Waals surface area contributed by atoms with Crippen LogP contribution in [0.15, 0.2) is 0 Å². The highest BCUT2D eigenvalue weighted by molar-refractivity contribution is 6.67. The molecule has 0 bridgehead atoms. The van der Waals surface area contributed by atoms with Gasteiger partial charge in [-0.25, -0.2) is 9.69 Å². The van der Waals surface area contributed by atoms with Crippen molar-refractivity contribution in [3.8, 4) is 0 Å². The van der Waals surface area contributed by atoms with Gasteiger partial charge in [-0.15, -0.1) is 0 Å². The maximum absolute atomic E-state index is 11.0. The highest BCUT2D eigenvalue weighted by Crippen LogP contribution is 2.14. The molecular formula is C7H17N2O3Si+. The molecule has 2 amide bonds. The Bertz CT molecular complexity index is 208. The third-order valence-electron chi connectivity index (χ3n) is 2.88. The summed E-state index contributed by atoms with van der Waals surface area (Å²) in [7, 11) is 1.09. The van der Waals surface area contributed by atoms with Gasteiger partial charge >= 0.3 is 14.6 Å². The maximum atomic E-state index is 11.0. The smallest absolute Gasteiger partial charge is 0.394 e. The van der Waals surface area contributed by atoms with Crippen molar-refractivity contribution in [1.29, 1.82) is 0 Å². The summed E-state index contributed by atoms with van der Waals surface area (Å²) in [4.78, 5) is 11.8. The summed E-state index contributed by atoms with van der Waals surface area (Å²) >= 11 is 0. The van der Waals surface area contributed by atoms with Crippen LogP contribution >= 0.6 is 0 Å². The van der Waals surface area contributed by atoms with Crippen LogP contribution in [0.5, 0.6) is 0 Å². The molecule has 1 aliphatic rings. The van der Waals surface area contributed by atoms with E-state index < -0.39 is 8.56 Å². The lowest BCUT2D eigenvalue weighted by Crippen LogP contribution is -3.27. The first kappa shape index (κ1) is 10.6. The van der Waals surface area contributed by atoms with Gasteiger partial charge in [-0.1, -0.05) is 0 Å². The number of rotatable bonds is 3. The maximum Gasteiger partial charge on any atom is 0.412 e. The molecule has 6 heteroatoms. The zero-order chi connectivity index (χ0) is 10.1. The average Bonchev–Trinajstić information content (AvgIpc) is 2.01. The molecule has 13 heavy (non-hydrogen) atoms. The van der Waals surface area contributed by atoms with Crippen LogP contribution in [0.2, 0.25) is 6.55 Å². The molecule has 1 aliphatic heterocycles. The fourth-order valence-corrected chi connectivity index (χ4v) is 4.00. The van der Waals surface area contributed by atoms with E-state index in [4.69, 9.17) is 14.6 Å². The average molecular weight is 205 g/mol. The van der Waals surface area contributed by atoms with Gasteiger partial charge in [0.05, 0.1) is 13.0 Å². The van der Waals surface area contributed by atoms with Crippen molar-refractivity contribution in [2.75, 3.05) is 20.8 Å². The van der Waals surface area contributed by atoms with E-state index >= 15 is 0 Å². The van der Waals surface area contributed by atoms with E-state index in [2.05, 4.69) is 0 Å². The van der Waals surface area contributed by atoms with Crippen molar-refractivity contribution in [1.82, 2.24) is 0 Å². The Morgan fingerprint density at radius 2 is 2.08 bits per heavy atom. The number of urea groups is 1. The molecule has 5 nitrogen and oxygen atoms in total. The Hall–Kier alpha value is -0.433. The molecule has 0 aromatic heterocycles. The Labute approximate surface area is 79.0 Å². The minimum atomic E-state index is -2.18. The summed E-state index contributed by atoms with van der Waals surface area (Å²) in [6.07, 6.45) is 0.961. The number of nitrogens with two attached hydrogens (primary N) is 1. The summed E-state index contributed by atoms with van der Waals surface area (Å²) < 4.78 is 10.7. The minimum Gasteiger partial charge on any atom is -0.394 e. The molecule has 0 spiro atoms. The number of nitrogens with one attached hydrogen (secondary N) is 1. The third-order valence-corrected chi connectivity index (χ3v) is 6.41. The van der Waals surface area contributed by atoms with Crippen LogP contribution in [-0.2, 0) is 8.85 Å². The highest BCUT2D eigenvalue weighted by Gasteiger charge is 2.54. The second-order valence-electron chi connectivity index (χ2n) is 3.40. The largest absolute Gasteiger partial charge is 0.412 e. The number of carbonyl (C=O) groups excluding carboxylic acids is 1. The van der Waals surface area contributed by atoms with Gasteiger partial charge in [-0.3, -0.25) is 0 Å². The van der Waals surface area contributed by atoms with Gasteiger partial charge in [0.1, 0.15) is 5.67 Å². The number of amides is 2. The van der Waals surface area contributed by atoms with Crippen molar-refractivity contribution in [3.63, 3.8) is 0 Å². The van der Waals surface area contributed by atoms with Gasteiger partial charge in [0.2, 0.25) is 0 Å². The molecule has 0 radical (unpaired) electrons. The standard InChI is InChI=1S/C7H16N2O3Si/c1-11-13(3,12-2)6-4-5-9(6)7(8)10/h6H,4-5H2,1-3H3,(H2,8,10)/p+1. The van der Waals surface area contributed by atoms with Crippen molar-refractivity contribution in [2.24, 2.45) is 5.73 Å². The first-order valence-electron chi connectivity index (χ1n) is 4.31. The molecule has 1 heterocycles. The van der Waals surface area contributed by atoms with E-state index in [1.54, 1.807) is 14.2 Å². The second kappa shape index (κ2) is 3.75. The number of quaternary nitrogens is 1. The molecular weight excluding hydrogens is 188 g/mol. The quantitative estimate of drug-likeness (QED) is 0.559. The number of likely N-dealkylation sites (tertiary alicyclic amines) is 1. The van der Waals surface area contributed by atoms with Gasteiger partial charge in [0.25, 0.3) is 0 Å². The lowest BCUT2D eigenvalue weighted by Gasteiger charge is -2.40. The molecule has 1 rings (SSSR count). The molecule has 0 aromatic carbocycles. The topological polar surface area (TPSA) is 66.0 Å². The number of primary amides is 1. The number of carbonyl (C=O) groups is 1. The molecule has 2 atom stereocenters. The molecule has 1 fully saturated rings. The van der Waals surface area contributed by atoms with Gasteiger partial charge in [-0.2, -0.15) is 0 Å². The molecule has 2 unspecified atom stereocenters. The van der Waals surface area contributed by atoms with Crippen molar-refractivity contribution >= 4 is 14.6 Å². The molecule has 0 aliphatic carbocycles. The van der Waals surface area contributed by atoms with Crippen molar-refractivity contribution < 1.29 is 18.5 Å². The van der Waals surface area contributed by atoms with E-state index in [9.17, 15) is 4.79 Å². The Morgan fingerprint density at radius 3 is 2.31 bits per heavy atom. The summed E-state index contributed by atoms with van der Waals surface area (Å²) in [6, 6.07) is -0.302. The second-order valence-corrected chi connectivity index (χ2v) is 6.95. The van der Waals surface area contributed by atoms with E-state index in [0.717, 1.165) is 17.9 Å². The Balaban J connectivity index is 2.66. The molecule has 0 saturated carbocycles. The monoisotopic (exact) mass is 205 g/mol. The van der Waals surface area contributed by atoms with Gasteiger partial charge in [0, 0.05) is 14.2 Å². The van der Waals surface area contributed by atoms with Crippen molar-refractivity contribution in [3.05, 3.63) is 0 Å². The van der Waals surface area contributed by atoms with E-state index in [0.29, 0.717) is 0 Å². The van der Waals surface area contributed by atoms with E-state index in [1.165, 1.54) is 0 Å². The van der Waals surface area contributed by atoms with Crippen molar-refractivity contribution in [2.45, 2.75) is 18.6 Å². The summed E-state index contributed by atoms with van der Waals surface area (Å²) in [6.45, 7) is 2.76. The van der Waals surface area contributed by atoms with Crippen LogP contribution in [0.3, 0.4) is 0 Å². The number of hydrogen-bond acceptors (Lipinski definition) is 3. The fourth-order valence-electron chi connectivity index (χ4n) is 1.67. The zero-order valence-corrected chi connectivity index (χ0v) is 9.29. The third kappa shape index (κ3) is 1.75. The molecule has 0 aromatic rings. The lowest BCUT2D eigenvalue weighted by atomic mass is 10.2.